The van der Waals surface area contributed by atoms with Gasteiger partial charge in [0.1, 0.15) is 5.37 Å². The molecule has 0 aromatic rings. The Morgan fingerprint density at radius 1 is 1.40 bits per heavy atom. The normalized spacial score (nSPS) is 27.3. The highest BCUT2D eigenvalue weighted by Crippen LogP contribution is 2.36. The van der Waals surface area contributed by atoms with Crippen molar-refractivity contribution >= 4 is 27.5 Å². The number of amides is 1. The second-order valence-corrected chi connectivity index (χ2v) is 9.09. The highest BCUT2D eigenvalue weighted by atomic mass is 32.2. The summed E-state index contributed by atoms with van der Waals surface area (Å²) >= 11 is 1.62. The van der Waals surface area contributed by atoms with Crippen molar-refractivity contribution in [2.45, 2.75) is 31.6 Å². The predicted molar refractivity (Wildman–Crippen MR) is 82.5 cm³/mol. The summed E-state index contributed by atoms with van der Waals surface area (Å²) < 4.78 is 23.9. The molecule has 1 unspecified atom stereocenters. The highest BCUT2D eigenvalue weighted by Gasteiger charge is 2.45. The van der Waals surface area contributed by atoms with Gasteiger partial charge in [0.25, 0.3) is 0 Å². The van der Waals surface area contributed by atoms with E-state index in [-0.39, 0.29) is 11.3 Å². The largest absolute Gasteiger partial charge is 0.324 e. The molecule has 0 aromatic carbocycles. The number of carbonyl (C=O) groups is 1. The number of nitrogens with zero attached hydrogens (tertiary/aromatic N) is 1. The zero-order valence-electron chi connectivity index (χ0n) is 12.2. The minimum Gasteiger partial charge on any atom is -0.324 e. The fraction of sp³-hybridized carbons (Fsp3) is 0.923. The van der Waals surface area contributed by atoms with Crippen molar-refractivity contribution in [1.29, 1.82) is 0 Å². The Labute approximate surface area is 125 Å². The van der Waals surface area contributed by atoms with Crippen molar-refractivity contribution in [2.24, 2.45) is 5.41 Å². The summed E-state index contributed by atoms with van der Waals surface area (Å²) in [5, 5.41) is 2.63. The van der Waals surface area contributed by atoms with E-state index >= 15 is 0 Å². The third-order valence-corrected chi connectivity index (χ3v) is 7.17. The maximum atomic E-state index is 13.0. The first kappa shape index (κ1) is 16.1. The molecular weight excluding hydrogens is 296 g/mol. The molecular formula is C13H24N2O3S2. The lowest BCUT2D eigenvalue weighted by atomic mass is 9.75. The first-order chi connectivity index (χ1) is 9.41. The molecule has 20 heavy (non-hydrogen) atoms. The Kier molecular flexibility index (Phi) is 5.02. The maximum absolute atomic E-state index is 13.0. The summed E-state index contributed by atoms with van der Waals surface area (Å²) in [5.74, 6) is 1.38. The minimum atomic E-state index is -3.23. The van der Waals surface area contributed by atoms with Gasteiger partial charge in [-0.2, -0.15) is 11.8 Å². The number of carbonyl (C=O) groups excluding carboxylic acids is 1. The van der Waals surface area contributed by atoms with E-state index in [0.717, 1.165) is 38.1 Å². The van der Waals surface area contributed by atoms with E-state index in [2.05, 4.69) is 5.32 Å². The summed E-state index contributed by atoms with van der Waals surface area (Å²) in [5.41, 5.74) is -0.365. The van der Waals surface area contributed by atoms with Crippen LogP contribution in [-0.4, -0.2) is 62.0 Å². The number of hydrogen-bond acceptors (Lipinski definition) is 5. The molecule has 1 atom stereocenters. The van der Waals surface area contributed by atoms with E-state index in [1.165, 1.54) is 6.26 Å². The SMILES string of the molecule is CCC1(C(=O)N2CCSCC2S(C)(=O)=O)CCNCC1. The van der Waals surface area contributed by atoms with Crippen molar-refractivity contribution in [3.05, 3.63) is 0 Å². The predicted octanol–water partition coefficient (Wildman–Crippen LogP) is 0.712. The van der Waals surface area contributed by atoms with Crippen LogP contribution in [0.5, 0.6) is 0 Å². The Bertz CT molecular complexity index is 458. The molecule has 116 valence electrons. The van der Waals surface area contributed by atoms with Crippen LogP contribution in [0.2, 0.25) is 0 Å². The van der Waals surface area contributed by atoms with Crippen LogP contribution in [0.4, 0.5) is 0 Å². The number of sulfone groups is 1. The van der Waals surface area contributed by atoms with Crippen molar-refractivity contribution < 1.29 is 13.2 Å². The van der Waals surface area contributed by atoms with Gasteiger partial charge in [0.15, 0.2) is 9.84 Å². The van der Waals surface area contributed by atoms with E-state index in [9.17, 15) is 13.2 Å². The van der Waals surface area contributed by atoms with Crippen LogP contribution in [-0.2, 0) is 14.6 Å². The lowest BCUT2D eigenvalue weighted by molar-refractivity contribution is -0.144. The van der Waals surface area contributed by atoms with Crippen LogP contribution in [0, 0.1) is 5.41 Å². The quantitative estimate of drug-likeness (QED) is 0.830. The molecule has 5 nitrogen and oxygen atoms in total. The summed E-state index contributed by atoms with van der Waals surface area (Å²) in [4.78, 5) is 14.6. The molecule has 0 radical (unpaired) electrons. The van der Waals surface area contributed by atoms with Gasteiger partial charge in [0.2, 0.25) is 5.91 Å². The van der Waals surface area contributed by atoms with Crippen molar-refractivity contribution in [3.63, 3.8) is 0 Å². The number of thioether (sulfide) groups is 1. The molecule has 2 rings (SSSR count). The first-order valence-corrected chi connectivity index (χ1v) is 10.3. The van der Waals surface area contributed by atoms with Gasteiger partial charge in [-0.05, 0) is 32.4 Å². The van der Waals surface area contributed by atoms with Crippen LogP contribution in [0.25, 0.3) is 0 Å². The van der Waals surface area contributed by atoms with Crippen LogP contribution in [0.3, 0.4) is 0 Å². The summed E-state index contributed by atoms with van der Waals surface area (Å²) in [7, 11) is -3.23. The van der Waals surface area contributed by atoms with E-state index in [1.54, 1.807) is 16.7 Å². The van der Waals surface area contributed by atoms with Gasteiger partial charge >= 0.3 is 0 Å². The van der Waals surface area contributed by atoms with Gasteiger partial charge in [0.05, 0.1) is 5.41 Å². The molecule has 1 amide bonds. The fourth-order valence-corrected chi connectivity index (χ4v) is 5.91. The number of hydrogen-bond donors (Lipinski definition) is 1. The van der Waals surface area contributed by atoms with Crippen LogP contribution in [0.1, 0.15) is 26.2 Å². The average Bonchev–Trinajstić information content (AvgIpc) is 2.46. The Balaban J connectivity index is 2.24. The van der Waals surface area contributed by atoms with Crippen molar-refractivity contribution in [2.75, 3.05) is 37.4 Å². The standard InChI is InChI=1S/C13H24N2O3S2/c1-3-13(4-6-14-7-5-13)12(16)15-8-9-19-10-11(15)20(2,17)18/h11,14H,3-10H2,1-2H3. The van der Waals surface area contributed by atoms with E-state index in [1.807, 2.05) is 6.92 Å². The summed E-state index contributed by atoms with van der Waals surface area (Å²) in [6.07, 6.45) is 3.64. The third kappa shape index (κ3) is 3.14. The lowest BCUT2D eigenvalue weighted by Gasteiger charge is -2.43. The zero-order valence-corrected chi connectivity index (χ0v) is 13.9. The number of piperidine rings is 1. The Hall–Kier alpha value is -0.270. The zero-order chi connectivity index (χ0) is 14.8. The van der Waals surface area contributed by atoms with Gasteiger partial charge < -0.3 is 10.2 Å². The summed E-state index contributed by atoms with van der Waals surface area (Å²) in [6.45, 7) is 4.27. The molecule has 7 heteroatoms. The Morgan fingerprint density at radius 3 is 2.60 bits per heavy atom. The topological polar surface area (TPSA) is 66.5 Å². The molecule has 2 fully saturated rings. The summed E-state index contributed by atoms with van der Waals surface area (Å²) in [6, 6.07) is 0. The van der Waals surface area contributed by atoms with Gasteiger partial charge in [-0.15, -0.1) is 0 Å². The molecule has 2 aliphatic heterocycles. The molecule has 0 aliphatic carbocycles. The second-order valence-electron chi connectivity index (χ2n) is 5.74. The molecule has 1 N–H and O–H groups in total. The average molecular weight is 320 g/mol. The van der Waals surface area contributed by atoms with E-state index in [4.69, 9.17) is 0 Å². The van der Waals surface area contributed by atoms with Gasteiger partial charge in [-0.1, -0.05) is 6.92 Å². The lowest BCUT2D eigenvalue weighted by Crippen LogP contribution is -2.56. The molecule has 0 spiro atoms. The smallest absolute Gasteiger partial charge is 0.229 e. The third-order valence-electron chi connectivity index (χ3n) is 4.53. The van der Waals surface area contributed by atoms with Crippen LogP contribution in [0.15, 0.2) is 0 Å². The highest BCUT2D eigenvalue weighted by molar-refractivity contribution is 8.00. The monoisotopic (exact) mass is 320 g/mol. The van der Waals surface area contributed by atoms with Crippen molar-refractivity contribution in [1.82, 2.24) is 10.2 Å². The Morgan fingerprint density at radius 2 is 2.05 bits per heavy atom. The maximum Gasteiger partial charge on any atom is 0.229 e. The number of rotatable bonds is 3. The van der Waals surface area contributed by atoms with Gasteiger partial charge in [0, 0.05) is 24.3 Å². The van der Waals surface area contributed by atoms with Crippen LogP contribution >= 0.6 is 11.8 Å². The number of nitrogens with one attached hydrogen (secondary N) is 1. The fourth-order valence-electron chi connectivity index (χ4n) is 3.10. The minimum absolute atomic E-state index is 0.0530. The van der Waals surface area contributed by atoms with Crippen molar-refractivity contribution in [3.8, 4) is 0 Å². The molecule has 2 aliphatic rings. The second kappa shape index (κ2) is 6.23. The van der Waals surface area contributed by atoms with Crippen LogP contribution < -0.4 is 5.32 Å². The van der Waals surface area contributed by atoms with Gasteiger partial charge in [-0.25, -0.2) is 8.42 Å². The van der Waals surface area contributed by atoms with E-state index in [0.29, 0.717) is 12.3 Å². The molecule has 0 saturated carbocycles. The molecule has 2 saturated heterocycles. The molecule has 2 heterocycles. The first-order valence-electron chi connectivity index (χ1n) is 7.19. The van der Waals surface area contributed by atoms with Gasteiger partial charge in [-0.3, -0.25) is 4.79 Å². The molecule has 0 aromatic heterocycles. The van der Waals surface area contributed by atoms with E-state index < -0.39 is 15.2 Å². The molecule has 0 bridgehead atoms.